The van der Waals surface area contributed by atoms with Crippen LogP contribution in [0.25, 0.3) is 0 Å². The van der Waals surface area contributed by atoms with E-state index in [0.29, 0.717) is 0 Å². The van der Waals surface area contributed by atoms with Crippen LogP contribution in [0, 0.1) is 12.3 Å². The Balaban J connectivity index is 3.72. The molecule has 0 aromatic heterocycles. The van der Waals surface area contributed by atoms with Gasteiger partial charge in [-0.15, -0.1) is 6.42 Å². The number of carbonyl (C=O) groups is 1. The van der Waals surface area contributed by atoms with Gasteiger partial charge in [0.25, 0.3) is 8.05 Å². The molecule has 1 N–H and O–H groups in total. The molecule has 1 atom stereocenters. The van der Waals surface area contributed by atoms with Crippen LogP contribution in [-0.2, 0) is 14.2 Å². The minimum absolute atomic E-state index is 0.0985. The topological polar surface area (TPSA) is 55.8 Å². The molecule has 1 unspecified atom stereocenters. The Hall–Kier alpha value is -0.985. The van der Waals surface area contributed by atoms with Crippen molar-refractivity contribution in [3.63, 3.8) is 0 Å². The van der Waals surface area contributed by atoms with E-state index >= 15 is 0 Å². The first-order valence-corrected chi connectivity index (χ1v) is 3.00. The minimum atomic E-state index is -0.927. The number of ether oxygens (including phenoxy) is 1. The zero-order valence-corrected chi connectivity index (χ0v) is 6.24. The molecule has 0 saturated heterocycles. The second-order valence-corrected chi connectivity index (χ2v) is 1.72. The summed E-state index contributed by atoms with van der Waals surface area (Å²) in [5, 5.41) is 8.52. The van der Waals surface area contributed by atoms with Crippen LogP contribution in [0.3, 0.4) is 0 Å². The van der Waals surface area contributed by atoms with Crippen molar-refractivity contribution >= 4 is 14.0 Å². The molecule has 0 heterocycles. The normalized spacial score (nSPS) is 11.6. The molecular weight excluding hydrogens is 147 g/mol. The fourth-order valence-corrected chi connectivity index (χ4v) is 0.451. The van der Waals surface area contributed by atoms with Gasteiger partial charge in [-0.1, -0.05) is 5.92 Å². The lowest BCUT2D eigenvalue weighted by atomic mass is 10.3. The monoisotopic (exact) mass is 156 g/mol. The van der Waals surface area contributed by atoms with Crippen LogP contribution in [0.1, 0.15) is 0 Å². The van der Waals surface area contributed by atoms with Gasteiger partial charge in [0, 0.05) is 0 Å². The third-order valence-electron chi connectivity index (χ3n) is 1.01. The summed E-state index contributed by atoms with van der Waals surface area (Å²) in [5.41, 5.74) is 0. The molecule has 0 saturated carbocycles. The van der Waals surface area contributed by atoms with Crippen LogP contribution in [0.2, 0.25) is 0 Å². The van der Waals surface area contributed by atoms with E-state index in [0.717, 1.165) is 0 Å². The Bertz CT molecular complexity index is 158. The first kappa shape index (κ1) is 10.0. The molecule has 4 nitrogen and oxygen atoms in total. The van der Waals surface area contributed by atoms with E-state index < -0.39 is 18.7 Å². The molecule has 0 amide bonds. The van der Waals surface area contributed by atoms with Gasteiger partial charge in [-0.3, -0.25) is 0 Å². The first-order chi connectivity index (χ1) is 5.26. The number of hydrogen-bond acceptors (Lipinski definition) is 4. The lowest BCUT2D eigenvalue weighted by molar-refractivity contribution is -0.152. The van der Waals surface area contributed by atoms with Gasteiger partial charge in [0.2, 0.25) is 0 Å². The predicted octanol–water partition coefficient (Wildman–Crippen LogP) is -1.91. The summed E-state index contributed by atoms with van der Waals surface area (Å²) >= 11 is 0. The van der Waals surface area contributed by atoms with Gasteiger partial charge in [0.15, 0.2) is 12.7 Å². The van der Waals surface area contributed by atoms with Gasteiger partial charge < -0.3 is 14.5 Å². The third-order valence-corrected chi connectivity index (χ3v) is 1.01. The van der Waals surface area contributed by atoms with Crippen molar-refractivity contribution in [3.8, 4) is 12.3 Å². The molecule has 0 rings (SSSR count). The summed E-state index contributed by atoms with van der Waals surface area (Å²) < 4.78 is 9.04. The molecule has 0 fully saturated rings. The molecule has 0 spiro atoms. The number of carbonyl (C=O) groups excluding carboxylic acids is 1. The number of terminal acetylenes is 1. The molecule has 0 aliphatic rings. The average molecular weight is 156 g/mol. The molecule has 0 aromatic rings. The van der Waals surface area contributed by atoms with Crippen LogP contribution in [0.15, 0.2) is 0 Å². The Morgan fingerprint density at radius 1 is 1.82 bits per heavy atom. The highest BCUT2D eigenvalue weighted by Gasteiger charge is 2.16. The van der Waals surface area contributed by atoms with Gasteiger partial charge in [0.1, 0.15) is 0 Å². The summed E-state index contributed by atoms with van der Waals surface area (Å²) in [4.78, 5) is 10.8. The van der Waals surface area contributed by atoms with Crippen molar-refractivity contribution in [3.05, 3.63) is 0 Å². The lowest BCUT2D eigenvalue weighted by Crippen LogP contribution is -2.29. The summed E-state index contributed by atoms with van der Waals surface area (Å²) in [6.07, 6.45) is 3.90. The van der Waals surface area contributed by atoms with Gasteiger partial charge in [-0.05, 0) is 0 Å². The highest BCUT2D eigenvalue weighted by Crippen LogP contribution is 1.91. The molecule has 0 aliphatic carbocycles. The Morgan fingerprint density at radius 3 is 2.82 bits per heavy atom. The van der Waals surface area contributed by atoms with Crippen LogP contribution in [0.4, 0.5) is 0 Å². The molecular formula is C6H9BO4. The van der Waals surface area contributed by atoms with Gasteiger partial charge in [-0.2, -0.15) is 0 Å². The van der Waals surface area contributed by atoms with Crippen LogP contribution < -0.4 is 0 Å². The fourth-order valence-electron chi connectivity index (χ4n) is 0.451. The van der Waals surface area contributed by atoms with Crippen molar-refractivity contribution in [1.29, 1.82) is 0 Å². The Morgan fingerprint density at radius 2 is 2.45 bits per heavy atom. The second kappa shape index (κ2) is 5.77. The van der Waals surface area contributed by atoms with Crippen molar-refractivity contribution in [2.45, 2.75) is 6.10 Å². The second-order valence-electron chi connectivity index (χ2n) is 1.72. The van der Waals surface area contributed by atoms with Crippen molar-refractivity contribution in [1.82, 2.24) is 0 Å². The minimum Gasteiger partial charge on any atom is -0.451 e. The van der Waals surface area contributed by atoms with Crippen LogP contribution in [-0.4, -0.2) is 38.4 Å². The maximum Gasteiger partial charge on any atom is 0.337 e. The Kier molecular flexibility index (Phi) is 5.26. The fraction of sp³-hybridized carbons (Fsp3) is 0.500. The smallest absolute Gasteiger partial charge is 0.337 e. The van der Waals surface area contributed by atoms with Crippen molar-refractivity contribution in [2.75, 3.05) is 13.2 Å². The molecule has 0 aromatic carbocycles. The van der Waals surface area contributed by atoms with E-state index in [2.05, 4.69) is 15.3 Å². The van der Waals surface area contributed by atoms with Gasteiger partial charge >= 0.3 is 5.97 Å². The van der Waals surface area contributed by atoms with Crippen LogP contribution in [0.5, 0.6) is 0 Å². The summed E-state index contributed by atoms with van der Waals surface area (Å²) in [5.74, 6) is 1.48. The number of aliphatic hydroxyl groups excluding tert-OH is 1. The maximum absolute atomic E-state index is 10.8. The summed E-state index contributed by atoms with van der Waals surface area (Å²) in [6, 6.07) is 0. The molecule has 0 radical (unpaired) electrons. The lowest BCUT2D eigenvalue weighted by Gasteiger charge is -2.09. The standard InChI is InChI=1S/C6H9BO4/c1-2-3-10-6(9)5(4-8)11-7/h1,5,8H,3-4,7H2. The van der Waals surface area contributed by atoms with Gasteiger partial charge in [0.05, 0.1) is 6.61 Å². The van der Waals surface area contributed by atoms with Crippen LogP contribution >= 0.6 is 0 Å². The van der Waals surface area contributed by atoms with Crippen molar-refractivity contribution < 1.29 is 19.3 Å². The largest absolute Gasteiger partial charge is 0.451 e. The van der Waals surface area contributed by atoms with Crippen molar-refractivity contribution in [2.24, 2.45) is 0 Å². The zero-order chi connectivity index (χ0) is 8.69. The zero-order valence-electron chi connectivity index (χ0n) is 6.24. The molecule has 5 heteroatoms. The molecule has 0 aliphatic heterocycles. The van der Waals surface area contributed by atoms with Gasteiger partial charge in [-0.25, -0.2) is 4.79 Å². The number of esters is 1. The predicted molar refractivity (Wildman–Crippen MR) is 40.3 cm³/mol. The first-order valence-electron chi connectivity index (χ1n) is 3.00. The number of aliphatic hydroxyl groups is 1. The average Bonchev–Trinajstić information content (AvgIpc) is 2.03. The quantitative estimate of drug-likeness (QED) is 0.293. The maximum atomic E-state index is 10.8. The highest BCUT2D eigenvalue weighted by molar-refractivity contribution is 5.99. The van der Waals surface area contributed by atoms with E-state index in [1.165, 1.54) is 8.05 Å². The SMILES string of the molecule is BOC(CO)C(=O)OCC#C. The molecule has 11 heavy (non-hydrogen) atoms. The van der Waals surface area contributed by atoms with E-state index in [-0.39, 0.29) is 6.61 Å². The van der Waals surface area contributed by atoms with E-state index in [1.807, 2.05) is 0 Å². The number of rotatable bonds is 4. The molecule has 0 bridgehead atoms. The third kappa shape index (κ3) is 3.66. The Labute approximate surface area is 65.9 Å². The number of hydrogen-bond donors (Lipinski definition) is 1. The summed E-state index contributed by atoms with van der Waals surface area (Å²) in [7, 11) is 1.30. The molecule has 60 valence electrons. The van der Waals surface area contributed by atoms with E-state index in [9.17, 15) is 4.79 Å². The van der Waals surface area contributed by atoms with E-state index in [1.54, 1.807) is 0 Å². The van der Waals surface area contributed by atoms with E-state index in [4.69, 9.17) is 11.5 Å². The highest BCUT2D eigenvalue weighted by atomic mass is 16.6. The summed E-state index contributed by atoms with van der Waals surface area (Å²) in [6.45, 7) is -0.501.